The summed E-state index contributed by atoms with van der Waals surface area (Å²) in [6.45, 7) is 0. The van der Waals surface area contributed by atoms with E-state index in [9.17, 15) is 0 Å². The maximum atomic E-state index is 5.10. The predicted molar refractivity (Wildman–Crippen MR) is 52.9 cm³/mol. The molecule has 3 heterocycles. The molecule has 3 aromatic heterocycles. The number of hydrogen-bond acceptors (Lipinski definition) is 6. The van der Waals surface area contributed by atoms with Crippen LogP contribution in [0.4, 0.5) is 0 Å². The molecule has 0 fully saturated rings. The summed E-state index contributed by atoms with van der Waals surface area (Å²) in [5, 5.41) is 10.2. The van der Waals surface area contributed by atoms with Gasteiger partial charge < -0.3 is 4.52 Å². The van der Waals surface area contributed by atoms with Gasteiger partial charge in [0, 0.05) is 18.0 Å². The van der Waals surface area contributed by atoms with Crippen LogP contribution in [0.3, 0.4) is 0 Å². The van der Waals surface area contributed by atoms with E-state index >= 15 is 0 Å². The Bertz CT molecular complexity index is 573. The highest BCUT2D eigenvalue weighted by atomic mass is 16.5. The van der Waals surface area contributed by atoms with Crippen molar-refractivity contribution >= 4 is 0 Å². The van der Waals surface area contributed by atoms with Crippen LogP contribution in [-0.4, -0.2) is 30.3 Å². The van der Waals surface area contributed by atoms with Gasteiger partial charge >= 0.3 is 0 Å². The van der Waals surface area contributed by atoms with Crippen LogP contribution in [0.25, 0.3) is 23.1 Å². The fraction of sp³-hybridized carbons (Fsp3) is 0. The third-order valence-corrected chi connectivity index (χ3v) is 1.98. The van der Waals surface area contributed by atoms with Gasteiger partial charge in [0.1, 0.15) is 6.33 Å². The number of H-pyrrole nitrogens is 1. The van der Waals surface area contributed by atoms with Gasteiger partial charge in [-0.25, -0.2) is 4.98 Å². The molecule has 0 unspecified atom stereocenters. The Labute approximate surface area is 89.6 Å². The minimum absolute atomic E-state index is 0.379. The van der Waals surface area contributed by atoms with Crippen molar-refractivity contribution in [3.63, 3.8) is 0 Å². The quantitative estimate of drug-likeness (QED) is 0.681. The monoisotopic (exact) mass is 214 g/mol. The molecule has 3 rings (SSSR count). The molecule has 3 aromatic rings. The topological polar surface area (TPSA) is 93.4 Å². The minimum Gasteiger partial charge on any atom is -0.333 e. The Morgan fingerprint density at radius 2 is 2.06 bits per heavy atom. The van der Waals surface area contributed by atoms with Crippen LogP contribution in [0.5, 0.6) is 0 Å². The van der Waals surface area contributed by atoms with Crippen molar-refractivity contribution in [1.29, 1.82) is 0 Å². The minimum atomic E-state index is 0.379. The first-order chi connectivity index (χ1) is 7.93. The van der Waals surface area contributed by atoms with Gasteiger partial charge in [0.15, 0.2) is 5.82 Å². The molecule has 7 nitrogen and oxygen atoms in total. The van der Waals surface area contributed by atoms with Gasteiger partial charge in [0.05, 0.1) is 0 Å². The van der Waals surface area contributed by atoms with Gasteiger partial charge in [0.25, 0.3) is 5.89 Å². The summed E-state index contributed by atoms with van der Waals surface area (Å²) in [5.41, 5.74) is 0.813. The third kappa shape index (κ3) is 1.44. The van der Waals surface area contributed by atoms with Crippen molar-refractivity contribution in [1.82, 2.24) is 30.3 Å². The van der Waals surface area contributed by atoms with E-state index in [-0.39, 0.29) is 0 Å². The molecular formula is C9H6N6O. The largest absolute Gasteiger partial charge is 0.333 e. The molecule has 0 bridgehead atoms. The molecule has 0 aromatic carbocycles. The Morgan fingerprint density at radius 1 is 1.19 bits per heavy atom. The van der Waals surface area contributed by atoms with Crippen LogP contribution >= 0.6 is 0 Å². The molecule has 7 heteroatoms. The Hall–Kier alpha value is -2.57. The first-order valence-corrected chi connectivity index (χ1v) is 4.53. The Morgan fingerprint density at radius 3 is 2.81 bits per heavy atom. The second-order valence-electron chi connectivity index (χ2n) is 2.99. The molecule has 0 aliphatic heterocycles. The highest BCUT2D eigenvalue weighted by Crippen LogP contribution is 2.18. The second-order valence-corrected chi connectivity index (χ2v) is 2.99. The Balaban J connectivity index is 2.00. The van der Waals surface area contributed by atoms with Crippen molar-refractivity contribution < 1.29 is 4.52 Å². The van der Waals surface area contributed by atoms with Crippen LogP contribution in [0.2, 0.25) is 0 Å². The highest BCUT2D eigenvalue weighted by molar-refractivity contribution is 5.54. The molecule has 0 saturated heterocycles. The van der Waals surface area contributed by atoms with E-state index < -0.39 is 0 Å². The summed E-state index contributed by atoms with van der Waals surface area (Å²) in [6.07, 6.45) is 4.71. The zero-order valence-electron chi connectivity index (χ0n) is 8.03. The molecule has 0 aliphatic rings. The summed E-state index contributed by atoms with van der Waals surface area (Å²) in [6, 6.07) is 3.58. The molecule has 0 atom stereocenters. The third-order valence-electron chi connectivity index (χ3n) is 1.98. The number of hydrogen-bond donors (Lipinski definition) is 1. The number of rotatable bonds is 2. The highest BCUT2D eigenvalue weighted by Gasteiger charge is 2.11. The normalized spacial score (nSPS) is 10.5. The van der Waals surface area contributed by atoms with E-state index in [2.05, 4.69) is 30.3 Å². The van der Waals surface area contributed by atoms with E-state index in [4.69, 9.17) is 4.52 Å². The van der Waals surface area contributed by atoms with E-state index in [1.807, 2.05) is 0 Å². The lowest BCUT2D eigenvalue weighted by Gasteiger charge is -1.89. The van der Waals surface area contributed by atoms with Gasteiger partial charge in [-0.1, -0.05) is 5.16 Å². The van der Waals surface area contributed by atoms with Crippen LogP contribution in [-0.2, 0) is 0 Å². The van der Waals surface area contributed by atoms with E-state index in [0.717, 1.165) is 5.56 Å². The van der Waals surface area contributed by atoms with Gasteiger partial charge in [-0.3, -0.25) is 10.1 Å². The maximum absolute atomic E-state index is 5.10. The van der Waals surface area contributed by atoms with Crippen LogP contribution in [0, 0.1) is 0 Å². The average molecular weight is 214 g/mol. The summed E-state index contributed by atoms with van der Waals surface area (Å²) < 4.78 is 5.10. The van der Waals surface area contributed by atoms with Gasteiger partial charge in [-0.15, -0.1) is 0 Å². The molecule has 1 N–H and O–H groups in total. The lowest BCUT2D eigenvalue weighted by Crippen LogP contribution is -1.83. The zero-order valence-corrected chi connectivity index (χ0v) is 8.03. The van der Waals surface area contributed by atoms with Crippen molar-refractivity contribution in [3.05, 3.63) is 30.9 Å². The van der Waals surface area contributed by atoms with Crippen LogP contribution < -0.4 is 0 Å². The van der Waals surface area contributed by atoms with E-state index in [1.165, 1.54) is 6.33 Å². The summed E-state index contributed by atoms with van der Waals surface area (Å²) >= 11 is 0. The summed E-state index contributed by atoms with van der Waals surface area (Å²) in [4.78, 5) is 12.0. The first kappa shape index (κ1) is 8.72. The van der Waals surface area contributed by atoms with Crippen LogP contribution in [0.15, 0.2) is 35.4 Å². The van der Waals surface area contributed by atoms with Crippen molar-refractivity contribution in [2.75, 3.05) is 0 Å². The molecule has 0 radical (unpaired) electrons. The number of nitrogens with one attached hydrogen (secondary N) is 1. The number of pyridine rings is 1. The molecule has 16 heavy (non-hydrogen) atoms. The SMILES string of the molecule is c1cc(-c2nc(-c3ncn[nH]3)no2)ccn1. The molecule has 78 valence electrons. The lowest BCUT2D eigenvalue weighted by atomic mass is 10.3. The number of aromatic amines is 1. The maximum Gasteiger partial charge on any atom is 0.258 e. The summed E-state index contributed by atoms with van der Waals surface area (Å²) in [5.74, 6) is 1.28. The number of nitrogens with zero attached hydrogens (tertiary/aromatic N) is 5. The van der Waals surface area contributed by atoms with Crippen molar-refractivity contribution in [2.24, 2.45) is 0 Å². The fourth-order valence-corrected chi connectivity index (χ4v) is 1.24. The number of aromatic nitrogens is 6. The molecule has 0 spiro atoms. The van der Waals surface area contributed by atoms with Gasteiger partial charge in [-0.2, -0.15) is 10.1 Å². The summed E-state index contributed by atoms with van der Waals surface area (Å²) in [7, 11) is 0. The van der Waals surface area contributed by atoms with E-state index in [1.54, 1.807) is 24.5 Å². The predicted octanol–water partition coefficient (Wildman–Crippen LogP) is 0.917. The van der Waals surface area contributed by atoms with Gasteiger partial charge in [0.2, 0.25) is 5.82 Å². The molecule has 0 saturated carbocycles. The molecule has 0 aliphatic carbocycles. The van der Waals surface area contributed by atoms with Gasteiger partial charge in [-0.05, 0) is 12.1 Å². The second kappa shape index (κ2) is 3.54. The smallest absolute Gasteiger partial charge is 0.258 e. The molecule has 0 amide bonds. The molecular weight excluding hydrogens is 208 g/mol. The zero-order chi connectivity index (χ0) is 10.8. The van der Waals surface area contributed by atoms with Crippen molar-refractivity contribution in [2.45, 2.75) is 0 Å². The lowest BCUT2D eigenvalue weighted by molar-refractivity contribution is 0.432. The first-order valence-electron chi connectivity index (χ1n) is 4.53. The van der Waals surface area contributed by atoms with Crippen molar-refractivity contribution in [3.8, 4) is 23.1 Å². The average Bonchev–Trinajstić information content (AvgIpc) is 3.01. The fourth-order valence-electron chi connectivity index (χ4n) is 1.24. The Kier molecular flexibility index (Phi) is 1.93. The van der Waals surface area contributed by atoms with Crippen LogP contribution in [0.1, 0.15) is 0 Å². The van der Waals surface area contributed by atoms with E-state index in [0.29, 0.717) is 17.5 Å². The standard InChI is InChI=1S/C9H6N6O/c1-3-10-4-2-6(1)9-13-8(15-16-9)7-11-5-12-14-7/h1-5H,(H,11,12,14).